The van der Waals surface area contributed by atoms with E-state index in [4.69, 9.17) is 9.15 Å². The van der Waals surface area contributed by atoms with E-state index in [1.54, 1.807) is 10.8 Å². The molecule has 2 aromatic carbocycles. The summed E-state index contributed by atoms with van der Waals surface area (Å²) in [5.74, 6) is 0. The Hall–Kier alpha value is -3.30. The number of benzene rings is 2. The van der Waals surface area contributed by atoms with Crippen molar-refractivity contribution in [2.75, 3.05) is 6.61 Å². The minimum Gasteiger partial charge on any atom is -0.455 e. The number of rotatable bonds is 3. The smallest absolute Gasteiger partial charge is 0.164 e. The normalized spacial score (nSPS) is 24.0. The molecule has 3 N–H and O–H groups in total. The van der Waals surface area contributed by atoms with Crippen LogP contribution in [0.2, 0.25) is 0 Å². The van der Waals surface area contributed by atoms with Gasteiger partial charge in [-0.1, -0.05) is 30.3 Å². The van der Waals surface area contributed by atoms with Gasteiger partial charge in [0.2, 0.25) is 0 Å². The Morgan fingerprint density at radius 3 is 2.58 bits per heavy atom. The zero-order valence-corrected chi connectivity index (χ0v) is 16.3. The molecule has 4 atom stereocenters. The van der Waals surface area contributed by atoms with E-state index in [9.17, 15) is 15.3 Å². The van der Waals surface area contributed by atoms with Crippen molar-refractivity contribution in [3.8, 4) is 11.3 Å². The van der Waals surface area contributed by atoms with Crippen LogP contribution in [-0.2, 0) is 4.74 Å². The molecule has 1 fully saturated rings. The zero-order chi connectivity index (χ0) is 21.1. The van der Waals surface area contributed by atoms with Crippen LogP contribution in [0, 0.1) is 0 Å². The van der Waals surface area contributed by atoms with Crippen molar-refractivity contribution >= 4 is 33.0 Å². The largest absolute Gasteiger partial charge is 0.455 e. The van der Waals surface area contributed by atoms with Gasteiger partial charge in [0, 0.05) is 27.9 Å². The summed E-state index contributed by atoms with van der Waals surface area (Å²) < 4.78 is 13.5. The van der Waals surface area contributed by atoms with Crippen LogP contribution in [0.5, 0.6) is 0 Å². The van der Waals surface area contributed by atoms with Crippen LogP contribution in [-0.4, -0.2) is 54.8 Å². The lowest BCUT2D eigenvalue weighted by molar-refractivity contribution is -0.0508. The summed E-state index contributed by atoms with van der Waals surface area (Å²) in [7, 11) is 0. The van der Waals surface area contributed by atoms with Gasteiger partial charge in [0.05, 0.1) is 12.3 Å². The SMILES string of the molecule is OC[C@H]1O[C@@H](n2ccc3c(-c4cccc5c4oc4ccccc45)ncnc32)[C@H](O)[C@@H]1O. The van der Waals surface area contributed by atoms with Crippen LogP contribution in [0.4, 0.5) is 0 Å². The Morgan fingerprint density at radius 1 is 0.903 bits per heavy atom. The van der Waals surface area contributed by atoms with Crippen molar-refractivity contribution in [3.63, 3.8) is 0 Å². The summed E-state index contributed by atoms with van der Waals surface area (Å²) in [5.41, 5.74) is 3.62. The summed E-state index contributed by atoms with van der Waals surface area (Å²) >= 11 is 0. The first kappa shape index (κ1) is 18.5. The quantitative estimate of drug-likeness (QED) is 0.413. The predicted octanol–water partition coefficient (Wildman–Crippen LogP) is 2.61. The summed E-state index contributed by atoms with van der Waals surface area (Å²) in [5, 5.41) is 32.7. The minimum atomic E-state index is -1.19. The fourth-order valence-electron chi connectivity index (χ4n) is 4.43. The average molecular weight is 417 g/mol. The van der Waals surface area contributed by atoms with Crippen LogP contribution in [0.1, 0.15) is 6.23 Å². The topological polar surface area (TPSA) is 114 Å². The number of fused-ring (bicyclic) bond motifs is 4. The summed E-state index contributed by atoms with van der Waals surface area (Å²) in [4.78, 5) is 8.92. The first-order valence-electron chi connectivity index (χ1n) is 10.0. The molecule has 1 saturated heterocycles. The van der Waals surface area contributed by atoms with Gasteiger partial charge in [-0.3, -0.25) is 0 Å². The van der Waals surface area contributed by atoms with Gasteiger partial charge in [0.1, 0.15) is 41.5 Å². The second-order valence-electron chi connectivity index (χ2n) is 7.69. The van der Waals surface area contributed by atoms with Gasteiger partial charge in [-0.05, 0) is 18.2 Å². The Labute approximate surface area is 176 Å². The standard InChI is InChI=1S/C23H19N3O5/c27-10-17-19(28)20(29)23(31-17)26-9-8-15-18(24-11-25-22(15)26)14-6-3-5-13-12-4-1-2-7-16(12)30-21(13)14/h1-9,11,17,19-20,23,27-29H,10H2/t17-,19-,20-,23-/m1/s1. The van der Waals surface area contributed by atoms with Crippen molar-refractivity contribution in [1.82, 2.24) is 14.5 Å². The number of aliphatic hydroxyl groups excluding tert-OH is 3. The number of furan rings is 1. The highest BCUT2D eigenvalue weighted by Gasteiger charge is 2.43. The zero-order valence-electron chi connectivity index (χ0n) is 16.3. The van der Waals surface area contributed by atoms with Gasteiger partial charge in [-0.25, -0.2) is 9.97 Å². The van der Waals surface area contributed by atoms with Crippen molar-refractivity contribution in [1.29, 1.82) is 0 Å². The molecular weight excluding hydrogens is 398 g/mol. The van der Waals surface area contributed by atoms with Crippen molar-refractivity contribution < 1.29 is 24.5 Å². The molecule has 0 spiro atoms. The highest BCUT2D eigenvalue weighted by molar-refractivity contribution is 6.11. The van der Waals surface area contributed by atoms with E-state index in [1.807, 2.05) is 48.5 Å². The number of ether oxygens (including phenoxy) is 1. The van der Waals surface area contributed by atoms with E-state index >= 15 is 0 Å². The van der Waals surface area contributed by atoms with Crippen LogP contribution in [0.15, 0.2) is 65.5 Å². The van der Waals surface area contributed by atoms with E-state index in [0.29, 0.717) is 11.3 Å². The lowest BCUT2D eigenvalue weighted by Gasteiger charge is -2.17. The number of nitrogens with zero attached hydrogens (tertiary/aromatic N) is 3. The second kappa shape index (κ2) is 6.86. The van der Waals surface area contributed by atoms with Gasteiger partial charge < -0.3 is 29.0 Å². The van der Waals surface area contributed by atoms with Gasteiger partial charge in [-0.2, -0.15) is 0 Å². The lowest BCUT2D eigenvalue weighted by Crippen LogP contribution is -2.33. The Morgan fingerprint density at radius 2 is 1.74 bits per heavy atom. The van der Waals surface area contributed by atoms with E-state index in [0.717, 1.165) is 32.9 Å². The molecule has 1 aliphatic heterocycles. The fourth-order valence-corrected chi connectivity index (χ4v) is 4.43. The molecule has 8 nitrogen and oxygen atoms in total. The molecule has 31 heavy (non-hydrogen) atoms. The first-order valence-corrected chi connectivity index (χ1v) is 10.0. The van der Waals surface area contributed by atoms with Gasteiger partial charge in [-0.15, -0.1) is 0 Å². The highest BCUT2D eigenvalue weighted by atomic mass is 16.6. The Kier molecular flexibility index (Phi) is 4.09. The molecule has 0 bridgehead atoms. The number of hydrogen-bond donors (Lipinski definition) is 3. The third-order valence-electron chi connectivity index (χ3n) is 5.96. The first-order chi connectivity index (χ1) is 15.2. The Balaban J connectivity index is 1.53. The number of para-hydroxylation sites is 2. The molecule has 3 aromatic heterocycles. The molecule has 1 aliphatic rings. The highest BCUT2D eigenvalue weighted by Crippen LogP contribution is 2.38. The van der Waals surface area contributed by atoms with Crippen molar-refractivity contribution in [2.24, 2.45) is 0 Å². The van der Waals surface area contributed by atoms with Crippen molar-refractivity contribution in [2.45, 2.75) is 24.5 Å². The third kappa shape index (κ3) is 2.63. The number of aromatic nitrogens is 3. The molecule has 0 saturated carbocycles. The molecule has 156 valence electrons. The van der Waals surface area contributed by atoms with Gasteiger partial charge in [0.25, 0.3) is 0 Å². The van der Waals surface area contributed by atoms with Crippen molar-refractivity contribution in [3.05, 3.63) is 61.1 Å². The van der Waals surface area contributed by atoms with Gasteiger partial charge in [0.15, 0.2) is 6.23 Å². The van der Waals surface area contributed by atoms with E-state index < -0.39 is 24.5 Å². The summed E-state index contributed by atoms with van der Waals surface area (Å²) in [6.45, 7) is -0.387. The maximum atomic E-state index is 10.4. The van der Waals surface area contributed by atoms with E-state index in [-0.39, 0.29) is 6.61 Å². The van der Waals surface area contributed by atoms with Gasteiger partial charge >= 0.3 is 0 Å². The third-order valence-corrected chi connectivity index (χ3v) is 5.96. The summed E-state index contributed by atoms with van der Waals surface area (Å²) in [6, 6.07) is 15.7. The lowest BCUT2D eigenvalue weighted by atomic mass is 10.0. The molecule has 8 heteroatoms. The number of aliphatic hydroxyl groups is 3. The fraction of sp³-hybridized carbons (Fsp3) is 0.217. The van der Waals surface area contributed by atoms with Crippen LogP contribution < -0.4 is 0 Å². The molecule has 5 aromatic rings. The number of hydrogen-bond acceptors (Lipinski definition) is 7. The molecule has 6 rings (SSSR count). The average Bonchev–Trinajstić information content (AvgIpc) is 3.47. The molecule has 0 unspecified atom stereocenters. The van der Waals surface area contributed by atoms with Crippen LogP contribution >= 0.6 is 0 Å². The maximum absolute atomic E-state index is 10.4. The second-order valence-corrected chi connectivity index (χ2v) is 7.69. The monoisotopic (exact) mass is 417 g/mol. The van der Waals surface area contributed by atoms with Crippen LogP contribution in [0.25, 0.3) is 44.2 Å². The van der Waals surface area contributed by atoms with Crippen LogP contribution in [0.3, 0.4) is 0 Å². The van der Waals surface area contributed by atoms with E-state index in [2.05, 4.69) is 9.97 Å². The minimum absolute atomic E-state index is 0.387. The molecule has 4 heterocycles. The molecule has 0 aliphatic carbocycles. The molecular formula is C23H19N3O5. The molecule has 0 amide bonds. The maximum Gasteiger partial charge on any atom is 0.164 e. The van der Waals surface area contributed by atoms with E-state index in [1.165, 1.54) is 6.33 Å². The molecule has 0 radical (unpaired) electrons. The summed E-state index contributed by atoms with van der Waals surface area (Å²) in [6.07, 6.45) is -0.903. The predicted molar refractivity (Wildman–Crippen MR) is 113 cm³/mol. The Bertz CT molecular complexity index is 1430.